The second kappa shape index (κ2) is 15.0. The van der Waals surface area contributed by atoms with Gasteiger partial charge in [-0.3, -0.25) is 4.98 Å². The second-order valence-electron chi connectivity index (χ2n) is 9.65. The number of carboxylic acid groups (broad SMARTS) is 2. The van der Waals surface area contributed by atoms with Crippen molar-refractivity contribution in [2.45, 2.75) is 45.1 Å². The molecule has 0 unspecified atom stereocenters. The molecule has 0 fully saturated rings. The number of imidazole rings is 1. The number of carbonyl (C=O) groups is 2. The van der Waals surface area contributed by atoms with Crippen molar-refractivity contribution >= 4 is 40.5 Å². The van der Waals surface area contributed by atoms with Crippen molar-refractivity contribution in [1.82, 2.24) is 24.9 Å². The number of benzene rings is 1. The molecule has 4 rings (SSSR count). The van der Waals surface area contributed by atoms with E-state index in [4.69, 9.17) is 36.1 Å². The molecule has 3 heterocycles. The molecule has 0 bridgehead atoms. The molecule has 0 aliphatic rings. The van der Waals surface area contributed by atoms with Gasteiger partial charge in [-0.05, 0) is 50.5 Å². The fourth-order valence-corrected chi connectivity index (χ4v) is 3.89. The predicted octanol–water partition coefficient (Wildman–Crippen LogP) is 5.53. The average Bonchev–Trinajstić information content (AvgIpc) is 3.44. The van der Waals surface area contributed by atoms with Crippen molar-refractivity contribution in [2.24, 2.45) is 0 Å². The summed E-state index contributed by atoms with van der Waals surface area (Å²) in [6.07, 6.45) is -4.69. The normalized spacial score (nSPS) is 11.6. The van der Waals surface area contributed by atoms with Crippen LogP contribution in [0.25, 0.3) is 22.3 Å². The summed E-state index contributed by atoms with van der Waals surface area (Å²) in [5.74, 6) is -4.07. The number of aromatic nitrogens is 5. The van der Waals surface area contributed by atoms with Crippen LogP contribution in [-0.4, -0.2) is 78.2 Å². The lowest BCUT2D eigenvalue weighted by molar-refractivity contribution is -0.193. The number of nitrogens with one attached hydrogen (secondary N) is 2. The van der Waals surface area contributed by atoms with Gasteiger partial charge in [0.15, 0.2) is 11.5 Å². The summed E-state index contributed by atoms with van der Waals surface area (Å²) < 4.78 is 69.3. The van der Waals surface area contributed by atoms with E-state index < -0.39 is 29.9 Å². The highest BCUT2D eigenvalue weighted by Gasteiger charge is 2.38. The van der Waals surface area contributed by atoms with Crippen LogP contribution in [0.15, 0.2) is 37.1 Å². The van der Waals surface area contributed by atoms with Crippen molar-refractivity contribution < 1.29 is 56.0 Å². The highest BCUT2D eigenvalue weighted by Crippen LogP contribution is 2.40. The van der Waals surface area contributed by atoms with Gasteiger partial charge in [-0.1, -0.05) is 17.7 Å². The van der Waals surface area contributed by atoms with Gasteiger partial charge in [-0.25, -0.2) is 24.5 Å². The maximum atomic E-state index is 10.6. The number of anilines is 1. The minimum atomic E-state index is -5.08. The molecule has 0 radical (unpaired) electrons. The molecule has 19 heteroatoms. The zero-order valence-corrected chi connectivity index (χ0v) is 25.1. The van der Waals surface area contributed by atoms with E-state index in [-0.39, 0.29) is 0 Å². The fraction of sp³-hybridized carbons (Fsp3) is 0.333. The van der Waals surface area contributed by atoms with Gasteiger partial charge in [0.1, 0.15) is 23.2 Å². The van der Waals surface area contributed by atoms with E-state index >= 15 is 0 Å². The number of hydrogen-bond donors (Lipinski definition) is 5. The number of fused-ring (bicyclic) bond motifs is 1. The number of aliphatic hydroxyl groups is 1. The predicted molar refractivity (Wildman–Crippen MR) is 152 cm³/mol. The number of aromatic amines is 1. The van der Waals surface area contributed by atoms with Gasteiger partial charge < -0.3 is 30.4 Å². The number of carboxylic acids is 2. The lowest BCUT2D eigenvalue weighted by atomic mass is 9.95. The average molecular weight is 681 g/mol. The first-order valence-electron chi connectivity index (χ1n) is 12.7. The number of alkyl halides is 6. The Morgan fingerprint density at radius 3 is 2.07 bits per heavy atom. The van der Waals surface area contributed by atoms with Crippen LogP contribution in [0.1, 0.15) is 30.7 Å². The third-order valence-corrected chi connectivity index (χ3v) is 6.22. The Morgan fingerprint density at radius 1 is 1.00 bits per heavy atom. The Hall–Kier alpha value is -4.71. The first-order chi connectivity index (χ1) is 21.2. The van der Waals surface area contributed by atoms with Gasteiger partial charge >= 0.3 is 24.3 Å². The molecule has 0 saturated heterocycles. The van der Waals surface area contributed by atoms with Gasteiger partial charge in [-0.15, -0.1) is 0 Å². The van der Waals surface area contributed by atoms with E-state index in [2.05, 4.69) is 30.2 Å². The number of nitrogens with zero attached hydrogens (tertiary/aromatic N) is 4. The summed E-state index contributed by atoms with van der Waals surface area (Å²) in [5, 5.41) is 28.4. The second-order valence-corrected chi connectivity index (χ2v) is 10.1. The van der Waals surface area contributed by atoms with Crippen molar-refractivity contribution in [2.75, 3.05) is 19.0 Å². The molecule has 46 heavy (non-hydrogen) atoms. The lowest BCUT2D eigenvalue weighted by Gasteiger charge is -2.20. The Morgan fingerprint density at radius 2 is 1.59 bits per heavy atom. The molecule has 0 saturated carbocycles. The number of rotatable bonds is 7. The van der Waals surface area contributed by atoms with Crippen molar-refractivity contribution in [3.05, 3.63) is 58.9 Å². The zero-order valence-electron chi connectivity index (χ0n) is 24.4. The molecule has 3 aromatic heterocycles. The minimum absolute atomic E-state index is 0.597. The standard InChI is InChI=1S/C23H25ClN6O2.2C2HF3O2/c1-13-16(24)9-14(7-8-25-21-19-22(28-11-27-19)30-12-29-21)20(32-4)18(13)15-5-6-17(26-10-15)23(2,3)31;2*3-2(4,5)1(6)7/h5-6,9-12,31H,7-8H2,1-4H3,(H2,25,27,28,29,30);2*(H,6,7). The molecular formula is C27H27ClF6N6O6. The third-order valence-electron chi connectivity index (χ3n) is 5.83. The largest absolute Gasteiger partial charge is 0.496 e. The molecule has 0 aliphatic carbocycles. The monoisotopic (exact) mass is 680 g/mol. The SMILES string of the molecule is COc1c(CCNc2ncnc3nc[nH]c23)cc(Cl)c(C)c1-c1ccc(C(C)(C)O)nc1.O=C(O)C(F)(F)F.O=C(O)C(F)(F)F. The minimum Gasteiger partial charge on any atom is -0.496 e. The molecule has 12 nitrogen and oxygen atoms in total. The number of halogens is 7. The van der Waals surface area contributed by atoms with E-state index in [0.717, 1.165) is 33.5 Å². The molecule has 0 atom stereocenters. The van der Waals surface area contributed by atoms with Gasteiger partial charge in [0.25, 0.3) is 0 Å². The number of hydrogen-bond acceptors (Lipinski definition) is 9. The van der Waals surface area contributed by atoms with Crippen LogP contribution < -0.4 is 10.1 Å². The molecule has 5 N–H and O–H groups in total. The fourth-order valence-electron chi connectivity index (χ4n) is 3.66. The summed E-state index contributed by atoms with van der Waals surface area (Å²) in [6, 6.07) is 5.69. The molecule has 0 amide bonds. The summed E-state index contributed by atoms with van der Waals surface area (Å²) in [6.45, 7) is 5.98. The molecule has 0 aliphatic heterocycles. The lowest BCUT2D eigenvalue weighted by Crippen LogP contribution is -2.21. The van der Waals surface area contributed by atoms with Gasteiger partial charge in [0.05, 0.1) is 19.1 Å². The summed E-state index contributed by atoms with van der Waals surface area (Å²) in [4.78, 5) is 37.9. The van der Waals surface area contributed by atoms with E-state index in [1.54, 1.807) is 33.5 Å². The van der Waals surface area contributed by atoms with Crippen molar-refractivity contribution in [3.63, 3.8) is 0 Å². The Labute approximate surface area is 261 Å². The van der Waals surface area contributed by atoms with E-state index in [1.165, 1.54) is 6.33 Å². The highest BCUT2D eigenvalue weighted by molar-refractivity contribution is 6.32. The summed E-state index contributed by atoms with van der Waals surface area (Å²) in [5.41, 5.74) is 4.60. The number of methoxy groups -OCH3 is 1. The van der Waals surface area contributed by atoms with Crippen LogP contribution in [0, 0.1) is 6.92 Å². The molecular weight excluding hydrogens is 654 g/mol. The smallest absolute Gasteiger partial charge is 0.490 e. The molecule has 4 aromatic rings. The van der Waals surface area contributed by atoms with Gasteiger partial charge in [0.2, 0.25) is 0 Å². The first-order valence-corrected chi connectivity index (χ1v) is 13.1. The maximum Gasteiger partial charge on any atom is 0.490 e. The molecule has 0 spiro atoms. The quantitative estimate of drug-likeness (QED) is 0.155. The highest BCUT2D eigenvalue weighted by atomic mass is 35.5. The van der Waals surface area contributed by atoms with Gasteiger partial charge in [0, 0.05) is 28.9 Å². The Bertz CT molecular complexity index is 1630. The maximum absolute atomic E-state index is 10.6. The molecule has 1 aromatic carbocycles. The van der Waals surface area contributed by atoms with Crippen LogP contribution in [0.5, 0.6) is 5.75 Å². The van der Waals surface area contributed by atoms with Crippen LogP contribution in [-0.2, 0) is 21.6 Å². The van der Waals surface area contributed by atoms with Crippen LogP contribution in [0.3, 0.4) is 0 Å². The van der Waals surface area contributed by atoms with Crippen molar-refractivity contribution in [1.29, 1.82) is 0 Å². The summed E-state index contributed by atoms with van der Waals surface area (Å²) in [7, 11) is 1.65. The number of pyridine rings is 1. The van der Waals surface area contributed by atoms with Crippen LogP contribution >= 0.6 is 11.6 Å². The zero-order chi connectivity index (χ0) is 35.0. The number of aliphatic carboxylic acids is 2. The van der Waals surface area contributed by atoms with Crippen LogP contribution in [0.2, 0.25) is 5.02 Å². The Kier molecular flexibility index (Phi) is 12.3. The van der Waals surface area contributed by atoms with Gasteiger partial charge in [-0.2, -0.15) is 26.3 Å². The number of H-pyrrole nitrogens is 1. The van der Waals surface area contributed by atoms with Crippen molar-refractivity contribution in [3.8, 4) is 16.9 Å². The van der Waals surface area contributed by atoms with E-state index in [0.29, 0.717) is 35.1 Å². The summed E-state index contributed by atoms with van der Waals surface area (Å²) >= 11 is 6.59. The number of ether oxygens (including phenoxy) is 1. The van der Waals surface area contributed by atoms with E-state index in [9.17, 15) is 31.4 Å². The molecule has 250 valence electrons. The topological polar surface area (TPSA) is 183 Å². The Balaban J connectivity index is 0.000000440. The van der Waals surface area contributed by atoms with Crippen LogP contribution in [0.4, 0.5) is 32.2 Å². The third kappa shape index (κ3) is 10.2. The van der Waals surface area contributed by atoms with E-state index in [1.807, 2.05) is 25.1 Å². The first kappa shape index (κ1) is 37.5.